The minimum atomic E-state index is -3.62. The van der Waals surface area contributed by atoms with Crippen molar-refractivity contribution >= 4 is 15.7 Å². The average molecular weight is 303 g/mol. The van der Waals surface area contributed by atoms with Crippen molar-refractivity contribution in [1.29, 1.82) is 5.26 Å². The van der Waals surface area contributed by atoms with Gasteiger partial charge in [-0.05, 0) is 17.7 Å². The van der Waals surface area contributed by atoms with Gasteiger partial charge in [-0.25, -0.2) is 13.4 Å². The molecular weight excluding hydrogens is 290 g/mol. The number of hydrogen-bond acceptors (Lipinski definition) is 5. The molecule has 0 bridgehead atoms. The van der Waals surface area contributed by atoms with E-state index in [0.717, 1.165) is 0 Å². The molecule has 0 fully saturated rings. The molecule has 0 atom stereocenters. The van der Waals surface area contributed by atoms with Crippen molar-refractivity contribution in [3.63, 3.8) is 0 Å². The van der Waals surface area contributed by atoms with Crippen molar-refractivity contribution in [2.45, 2.75) is 5.75 Å². The van der Waals surface area contributed by atoms with E-state index in [1.165, 1.54) is 13.3 Å². The Kier molecular flexibility index (Phi) is 4.40. The molecule has 0 saturated carbocycles. The Hall–Kier alpha value is -2.59. The topological polar surface area (TPSA) is 92.1 Å². The minimum Gasteiger partial charge on any atom is -0.481 e. The summed E-state index contributed by atoms with van der Waals surface area (Å²) >= 11 is 0. The molecule has 1 N–H and O–H groups in total. The van der Waals surface area contributed by atoms with E-state index in [-0.39, 0.29) is 5.75 Å². The maximum absolute atomic E-state index is 12.1. The molecule has 1 heterocycles. The van der Waals surface area contributed by atoms with E-state index >= 15 is 0 Å². The zero-order valence-electron chi connectivity index (χ0n) is 11.3. The number of nitrogens with one attached hydrogen (secondary N) is 1. The van der Waals surface area contributed by atoms with Crippen LogP contribution in [-0.2, 0) is 15.8 Å². The van der Waals surface area contributed by atoms with E-state index in [2.05, 4.69) is 9.71 Å². The lowest BCUT2D eigenvalue weighted by molar-refractivity contribution is 0.398. The van der Waals surface area contributed by atoms with Gasteiger partial charge < -0.3 is 4.74 Å². The summed E-state index contributed by atoms with van der Waals surface area (Å²) in [6.45, 7) is 0. The molecule has 0 aliphatic heterocycles. The fourth-order valence-electron chi connectivity index (χ4n) is 1.74. The van der Waals surface area contributed by atoms with Gasteiger partial charge in [0.2, 0.25) is 15.9 Å². The first-order valence-electron chi connectivity index (χ1n) is 6.02. The highest BCUT2D eigenvalue weighted by Crippen LogP contribution is 2.16. The fourth-order valence-corrected chi connectivity index (χ4v) is 2.95. The predicted molar refractivity (Wildman–Crippen MR) is 78.2 cm³/mol. The number of hydrogen-bond donors (Lipinski definition) is 1. The second-order valence-corrected chi connectivity index (χ2v) is 5.94. The van der Waals surface area contributed by atoms with Gasteiger partial charge in [0, 0.05) is 6.07 Å². The highest BCUT2D eigenvalue weighted by molar-refractivity contribution is 7.91. The Morgan fingerprint density at radius 1 is 1.29 bits per heavy atom. The molecule has 0 aliphatic carbocycles. The standard InChI is InChI=1S/C14H13N3O3S/c1-20-14-7-6-13(9-16-14)17-21(18,19)10-12-5-3-2-4-11(12)8-15/h2-7,9,17H,10H2,1H3. The lowest BCUT2D eigenvalue weighted by Crippen LogP contribution is -2.15. The molecule has 1 aromatic heterocycles. The third-order valence-corrected chi connectivity index (χ3v) is 3.94. The van der Waals surface area contributed by atoms with E-state index < -0.39 is 10.0 Å². The van der Waals surface area contributed by atoms with E-state index in [1.54, 1.807) is 36.4 Å². The monoisotopic (exact) mass is 303 g/mol. The first-order valence-corrected chi connectivity index (χ1v) is 7.68. The Morgan fingerprint density at radius 2 is 2.05 bits per heavy atom. The maximum Gasteiger partial charge on any atom is 0.237 e. The van der Waals surface area contributed by atoms with Crippen LogP contribution < -0.4 is 9.46 Å². The summed E-state index contributed by atoms with van der Waals surface area (Å²) in [7, 11) is -2.14. The van der Waals surface area contributed by atoms with Gasteiger partial charge in [-0.3, -0.25) is 4.72 Å². The van der Waals surface area contributed by atoms with E-state index in [0.29, 0.717) is 22.7 Å². The van der Waals surface area contributed by atoms with Crippen LogP contribution in [-0.4, -0.2) is 20.5 Å². The Balaban J connectivity index is 2.17. The van der Waals surface area contributed by atoms with Gasteiger partial charge in [-0.1, -0.05) is 18.2 Å². The summed E-state index contributed by atoms with van der Waals surface area (Å²) in [5, 5.41) is 8.97. The Labute approximate surface area is 123 Å². The molecule has 0 spiro atoms. The SMILES string of the molecule is COc1ccc(NS(=O)(=O)Cc2ccccc2C#N)cn1. The lowest BCUT2D eigenvalue weighted by Gasteiger charge is -2.09. The molecule has 2 aromatic rings. The number of methoxy groups -OCH3 is 1. The molecule has 108 valence electrons. The summed E-state index contributed by atoms with van der Waals surface area (Å²) in [5.74, 6) is 0.121. The number of benzene rings is 1. The largest absolute Gasteiger partial charge is 0.481 e. The Bertz CT molecular complexity index is 765. The van der Waals surface area contributed by atoms with Crippen molar-refractivity contribution in [2.24, 2.45) is 0 Å². The highest BCUT2D eigenvalue weighted by Gasteiger charge is 2.14. The van der Waals surface area contributed by atoms with Crippen LogP contribution in [0.15, 0.2) is 42.6 Å². The van der Waals surface area contributed by atoms with Crippen molar-refractivity contribution in [3.05, 3.63) is 53.7 Å². The van der Waals surface area contributed by atoms with Crippen molar-refractivity contribution < 1.29 is 13.2 Å². The molecule has 6 nitrogen and oxygen atoms in total. The molecule has 2 rings (SSSR count). The maximum atomic E-state index is 12.1. The quantitative estimate of drug-likeness (QED) is 0.910. The molecule has 0 amide bonds. The zero-order chi connectivity index (χ0) is 15.3. The van der Waals surface area contributed by atoms with E-state index in [9.17, 15) is 8.42 Å². The third kappa shape index (κ3) is 3.94. The first-order chi connectivity index (χ1) is 10.0. The number of aromatic nitrogens is 1. The summed E-state index contributed by atoms with van der Waals surface area (Å²) in [6.07, 6.45) is 1.37. The lowest BCUT2D eigenvalue weighted by atomic mass is 10.1. The van der Waals surface area contributed by atoms with E-state index in [4.69, 9.17) is 10.00 Å². The highest BCUT2D eigenvalue weighted by atomic mass is 32.2. The second-order valence-electron chi connectivity index (χ2n) is 4.22. The smallest absolute Gasteiger partial charge is 0.237 e. The van der Waals surface area contributed by atoms with Crippen LogP contribution in [0, 0.1) is 11.3 Å². The van der Waals surface area contributed by atoms with Crippen molar-refractivity contribution in [1.82, 2.24) is 4.98 Å². The van der Waals surface area contributed by atoms with Gasteiger partial charge in [0.15, 0.2) is 0 Å². The summed E-state index contributed by atoms with van der Waals surface area (Å²) < 4.78 is 31.5. The van der Waals surface area contributed by atoms with Gasteiger partial charge in [-0.15, -0.1) is 0 Å². The van der Waals surface area contributed by atoms with Crippen LogP contribution in [0.4, 0.5) is 5.69 Å². The molecule has 0 radical (unpaired) electrons. The fraction of sp³-hybridized carbons (Fsp3) is 0.143. The number of sulfonamides is 1. The number of ether oxygens (including phenoxy) is 1. The van der Waals surface area contributed by atoms with E-state index in [1.807, 2.05) is 6.07 Å². The summed E-state index contributed by atoms with van der Waals surface area (Å²) in [6, 6.07) is 11.7. The number of rotatable bonds is 5. The van der Waals surface area contributed by atoms with Gasteiger partial charge in [-0.2, -0.15) is 5.26 Å². The summed E-state index contributed by atoms with van der Waals surface area (Å²) in [4.78, 5) is 3.92. The predicted octanol–water partition coefficient (Wildman–Crippen LogP) is 1.90. The van der Waals surface area contributed by atoms with Crippen LogP contribution in [0.25, 0.3) is 0 Å². The van der Waals surface area contributed by atoms with Crippen LogP contribution in [0.2, 0.25) is 0 Å². The normalized spacial score (nSPS) is 10.7. The Morgan fingerprint density at radius 3 is 2.67 bits per heavy atom. The van der Waals surface area contributed by atoms with Crippen LogP contribution >= 0.6 is 0 Å². The number of nitrogens with zero attached hydrogens (tertiary/aromatic N) is 2. The zero-order valence-corrected chi connectivity index (χ0v) is 12.1. The number of nitriles is 1. The van der Waals surface area contributed by atoms with Crippen LogP contribution in [0.3, 0.4) is 0 Å². The van der Waals surface area contributed by atoms with Crippen LogP contribution in [0.5, 0.6) is 5.88 Å². The minimum absolute atomic E-state index is 0.275. The van der Waals surface area contributed by atoms with Gasteiger partial charge in [0.05, 0.1) is 36.4 Å². The van der Waals surface area contributed by atoms with Crippen molar-refractivity contribution in [2.75, 3.05) is 11.8 Å². The average Bonchev–Trinajstić information content (AvgIpc) is 2.47. The molecule has 0 unspecified atom stereocenters. The molecule has 0 aliphatic rings. The number of anilines is 1. The molecule has 0 saturated heterocycles. The number of pyridine rings is 1. The second kappa shape index (κ2) is 6.24. The third-order valence-electron chi connectivity index (χ3n) is 2.70. The van der Waals surface area contributed by atoms with Crippen LogP contribution in [0.1, 0.15) is 11.1 Å². The molecule has 7 heteroatoms. The van der Waals surface area contributed by atoms with Gasteiger partial charge in [0.1, 0.15) is 0 Å². The van der Waals surface area contributed by atoms with Gasteiger partial charge in [0.25, 0.3) is 0 Å². The van der Waals surface area contributed by atoms with Crippen molar-refractivity contribution in [3.8, 4) is 11.9 Å². The molecule has 21 heavy (non-hydrogen) atoms. The van der Waals surface area contributed by atoms with Gasteiger partial charge >= 0.3 is 0 Å². The summed E-state index contributed by atoms with van der Waals surface area (Å²) in [5.41, 5.74) is 1.13. The molecule has 1 aromatic carbocycles. The molecular formula is C14H13N3O3S. The first kappa shape index (κ1) is 14.8.